The molecule has 3 heteroatoms. The van der Waals surface area contributed by atoms with Crippen LogP contribution in [-0.4, -0.2) is 24.8 Å². The fourth-order valence-electron chi connectivity index (χ4n) is 4.90. The van der Waals surface area contributed by atoms with Gasteiger partial charge in [0.1, 0.15) is 17.5 Å². The summed E-state index contributed by atoms with van der Waals surface area (Å²) in [7, 11) is 0. The lowest BCUT2D eigenvalue weighted by atomic mass is 9.72. The Morgan fingerprint density at radius 2 is 1.45 bits per heavy atom. The highest BCUT2D eigenvalue weighted by molar-refractivity contribution is 6.10. The average molecular weight is 391 g/mol. The van der Waals surface area contributed by atoms with Crippen molar-refractivity contribution in [3.63, 3.8) is 0 Å². The SMILES string of the molecule is Cc1ccc(-c2ccc(C)c(C3C(=O)CC(CC4CCOCC4)CC3=O)c2)cc1. The Morgan fingerprint density at radius 1 is 0.828 bits per heavy atom. The highest BCUT2D eigenvalue weighted by Crippen LogP contribution is 2.37. The number of hydrogen-bond acceptors (Lipinski definition) is 3. The molecule has 2 aromatic rings. The van der Waals surface area contributed by atoms with Crippen molar-refractivity contribution in [3.05, 3.63) is 59.2 Å². The van der Waals surface area contributed by atoms with E-state index in [4.69, 9.17) is 4.74 Å². The van der Waals surface area contributed by atoms with E-state index in [0.717, 1.165) is 54.7 Å². The maximum absolute atomic E-state index is 13.1. The van der Waals surface area contributed by atoms with Crippen molar-refractivity contribution in [1.82, 2.24) is 0 Å². The molecular formula is C26H30O3. The molecule has 0 bridgehead atoms. The van der Waals surface area contributed by atoms with Crippen LogP contribution in [0.2, 0.25) is 0 Å². The Bertz CT molecular complexity index is 873. The van der Waals surface area contributed by atoms with Crippen LogP contribution < -0.4 is 0 Å². The quantitative estimate of drug-likeness (QED) is 0.655. The smallest absolute Gasteiger partial charge is 0.148 e. The zero-order valence-electron chi connectivity index (χ0n) is 17.4. The Kier molecular flexibility index (Phi) is 5.96. The third kappa shape index (κ3) is 4.51. The molecule has 0 aromatic heterocycles. The molecule has 4 rings (SSSR count). The van der Waals surface area contributed by atoms with E-state index in [1.165, 1.54) is 5.56 Å². The van der Waals surface area contributed by atoms with Gasteiger partial charge in [-0.05, 0) is 73.3 Å². The Hall–Kier alpha value is -2.26. The second kappa shape index (κ2) is 8.62. The summed E-state index contributed by atoms with van der Waals surface area (Å²) < 4.78 is 5.44. The monoisotopic (exact) mass is 390 g/mol. The molecule has 0 spiro atoms. The summed E-state index contributed by atoms with van der Waals surface area (Å²) >= 11 is 0. The molecular weight excluding hydrogens is 360 g/mol. The van der Waals surface area contributed by atoms with Crippen molar-refractivity contribution in [2.75, 3.05) is 13.2 Å². The van der Waals surface area contributed by atoms with Gasteiger partial charge >= 0.3 is 0 Å². The molecule has 3 nitrogen and oxygen atoms in total. The largest absolute Gasteiger partial charge is 0.381 e. The topological polar surface area (TPSA) is 43.4 Å². The van der Waals surface area contributed by atoms with Gasteiger partial charge < -0.3 is 4.74 Å². The maximum Gasteiger partial charge on any atom is 0.148 e. The molecule has 1 heterocycles. The zero-order chi connectivity index (χ0) is 20.4. The van der Waals surface area contributed by atoms with Crippen molar-refractivity contribution >= 4 is 11.6 Å². The Labute approximate surface area is 173 Å². The van der Waals surface area contributed by atoms with Gasteiger partial charge in [0.05, 0.1) is 0 Å². The number of Topliss-reactive ketones (excluding diaryl/α,β-unsaturated/α-hetero) is 2. The maximum atomic E-state index is 13.1. The number of carbonyl (C=O) groups excluding carboxylic acids is 2. The molecule has 29 heavy (non-hydrogen) atoms. The second-order valence-electron chi connectivity index (χ2n) is 8.87. The first-order chi connectivity index (χ1) is 14.0. The molecule has 0 atom stereocenters. The van der Waals surface area contributed by atoms with Crippen LogP contribution in [0.15, 0.2) is 42.5 Å². The molecule has 152 valence electrons. The number of ether oxygens (including phenoxy) is 1. The highest BCUT2D eigenvalue weighted by Gasteiger charge is 2.38. The molecule has 1 saturated heterocycles. The van der Waals surface area contributed by atoms with Crippen LogP contribution in [0.3, 0.4) is 0 Å². The fourth-order valence-corrected chi connectivity index (χ4v) is 4.90. The zero-order valence-corrected chi connectivity index (χ0v) is 17.4. The third-order valence-electron chi connectivity index (χ3n) is 6.61. The first kappa shape index (κ1) is 20.0. The lowest BCUT2D eigenvalue weighted by Crippen LogP contribution is -2.33. The van der Waals surface area contributed by atoms with Gasteiger partial charge in [-0.2, -0.15) is 0 Å². The first-order valence-electron chi connectivity index (χ1n) is 10.8. The van der Waals surface area contributed by atoms with Gasteiger partial charge in [0, 0.05) is 26.1 Å². The summed E-state index contributed by atoms with van der Waals surface area (Å²) in [5, 5.41) is 0. The summed E-state index contributed by atoms with van der Waals surface area (Å²) in [6, 6.07) is 14.5. The Morgan fingerprint density at radius 3 is 2.10 bits per heavy atom. The molecule has 1 aliphatic heterocycles. The molecule has 2 aliphatic rings. The van der Waals surface area contributed by atoms with E-state index in [2.05, 4.69) is 43.3 Å². The lowest BCUT2D eigenvalue weighted by molar-refractivity contribution is -0.134. The van der Waals surface area contributed by atoms with E-state index in [9.17, 15) is 9.59 Å². The van der Waals surface area contributed by atoms with Crippen molar-refractivity contribution in [1.29, 1.82) is 0 Å². The molecule has 1 aliphatic carbocycles. The van der Waals surface area contributed by atoms with E-state index in [1.807, 2.05) is 13.0 Å². The molecule has 2 fully saturated rings. The minimum Gasteiger partial charge on any atom is -0.381 e. The van der Waals surface area contributed by atoms with Gasteiger partial charge in [-0.1, -0.05) is 42.0 Å². The summed E-state index contributed by atoms with van der Waals surface area (Å²) in [5.74, 6) is 0.406. The first-order valence-corrected chi connectivity index (χ1v) is 10.8. The molecule has 0 amide bonds. The van der Waals surface area contributed by atoms with Crippen LogP contribution in [0.25, 0.3) is 11.1 Å². The second-order valence-corrected chi connectivity index (χ2v) is 8.87. The van der Waals surface area contributed by atoms with E-state index in [-0.39, 0.29) is 17.5 Å². The number of hydrogen-bond donors (Lipinski definition) is 0. The van der Waals surface area contributed by atoms with Gasteiger partial charge in [-0.25, -0.2) is 0 Å². The number of carbonyl (C=O) groups is 2. The van der Waals surface area contributed by atoms with E-state index in [1.54, 1.807) is 0 Å². The number of benzene rings is 2. The molecule has 0 N–H and O–H groups in total. The molecule has 0 unspecified atom stereocenters. The van der Waals surface area contributed by atoms with Crippen LogP contribution in [0, 0.1) is 25.7 Å². The summed E-state index contributed by atoms with van der Waals surface area (Å²) in [6.45, 7) is 5.70. The van der Waals surface area contributed by atoms with Crippen molar-refractivity contribution in [3.8, 4) is 11.1 Å². The van der Waals surface area contributed by atoms with Crippen LogP contribution in [0.5, 0.6) is 0 Å². The standard InChI is InChI=1S/C26H30O3/c1-17-3-6-21(7-4-17)22-8-5-18(2)23(16-22)26-24(27)14-20(15-25(26)28)13-19-9-11-29-12-10-19/h3-8,16,19-20,26H,9-15H2,1-2H3. The van der Waals surface area contributed by atoms with Crippen LogP contribution in [0.4, 0.5) is 0 Å². The van der Waals surface area contributed by atoms with Gasteiger partial charge in [0.2, 0.25) is 0 Å². The van der Waals surface area contributed by atoms with E-state index >= 15 is 0 Å². The number of rotatable bonds is 4. The predicted molar refractivity (Wildman–Crippen MR) is 115 cm³/mol. The van der Waals surface area contributed by atoms with E-state index in [0.29, 0.717) is 18.8 Å². The average Bonchev–Trinajstić information content (AvgIpc) is 2.70. The normalized spacial score (nSPS) is 23.4. The van der Waals surface area contributed by atoms with Crippen molar-refractivity contribution < 1.29 is 14.3 Å². The molecule has 1 saturated carbocycles. The van der Waals surface area contributed by atoms with Gasteiger partial charge in [-0.3, -0.25) is 9.59 Å². The van der Waals surface area contributed by atoms with Gasteiger partial charge in [0.25, 0.3) is 0 Å². The highest BCUT2D eigenvalue weighted by atomic mass is 16.5. The van der Waals surface area contributed by atoms with Crippen molar-refractivity contribution in [2.24, 2.45) is 11.8 Å². The lowest BCUT2D eigenvalue weighted by Gasteiger charge is -2.31. The van der Waals surface area contributed by atoms with Crippen LogP contribution in [0.1, 0.15) is 54.7 Å². The number of ketones is 2. The number of aryl methyl sites for hydroxylation is 2. The predicted octanol–water partition coefficient (Wildman–Crippen LogP) is 5.42. The summed E-state index contributed by atoms with van der Waals surface area (Å²) in [5.41, 5.74) is 5.31. The van der Waals surface area contributed by atoms with Crippen molar-refractivity contribution in [2.45, 2.75) is 51.9 Å². The third-order valence-corrected chi connectivity index (χ3v) is 6.61. The van der Waals surface area contributed by atoms with E-state index < -0.39 is 5.92 Å². The fraction of sp³-hybridized carbons (Fsp3) is 0.462. The van der Waals surface area contributed by atoms with Crippen LogP contribution in [-0.2, 0) is 14.3 Å². The van der Waals surface area contributed by atoms with Gasteiger partial charge in [-0.15, -0.1) is 0 Å². The minimum atomic E-state index is -0.591. The van der Waals surface area contributed by atoms with Crippen LogP contribution >= 0.6 is 0 Å². The molecule has 2 aromatic carbocycles. The minimum absolute atomic E-state index is 0.0995. The van der Waals surface area contributed by atoms with Gasteiger partial charge in [0.15, 0.2) is 0 Å². The summed E-state index contributed by atoms with van der Waals surface area (Å²) in [4.78, 5) is 26.1. The Balaban J connectivity index is 1.53. The summed E-state index contributed by atoms with van der Waals surface area (Å²) in [6.07, 6.45) is 4.15. The molecule has 0 radical (unpaired) electrons.